The van der Waals surface area contributed by atoms with Crippen LogP contribution >= 0.6 is 0 Å². The molecule has 146 valence electrons. The number of rotatable bonds is 7. The molecule has 2 aromatic rings. The number of carbonyl (C=O) groups excluding carboxylic acids is 1. The minimum atomic E-state index is -0.0438. The van der Waals surface area contributed by atoms with Gasteiger partial charge in [-0.25, -0.2) is 0 Å². The Hall–Kier alpha value is -2.92. The molecular weight excluding hydrogens is 348 g/mol. The molecule has 0 aliphatic carbocycles. The minimum absolute atomic E-state index is 0.0438. The molecule has 0 saturated carbocycles. The lowest BCUT2D eigenvalue weighted by molar-refractivity contribution is 0.0953. The van der Waals surface area contributed by atoms with Crippen molar-refractivity contribution in [3.8, 4) is 0 Å². The van der Waals surface area contributed by atoms with E-state index in [4.69, 9.17) is 10.7 Å². The number of fused-ring (bicyclic) bond motifs is 1. The number of carbonyl (C=O) groups is 1. The van der Waals surface area contributed by atoms with Crippen LogP contribution in [0.25, 0.3) is 6.08 Å². The second-order valence-corrected chi connectivity index (χ2v) is 6.91. The summed E-state index contributed by atoms with van der Waals surface area (Å²) in [5, 5.41) is 2.92. The van der Waals surface area contributed by atoms with Crippen molar-refractivity contribution in [2.24, 2.45) is 10.7 Å². The van der Waals surface area contributed by atoms with Gasteiger partial charge in [0.15, 0.2) is 0 Å². The lowest BCUT2D eigenvalue weighted by atomic mass is 10.0. The van der Waals surface area contributed by atoms with Crippen LogP contribution in [0.3, 0.4) is 0 Å². The van der Waals surface area contributed by atoms with E-state index in [9.17, 15) is 4.79 Å². The fourth-order valence-corrected chi connectivity index (χ4v) is 3.19. The molecule has 0 unspecified atom stereocenters. The maximum absolute atomic E-state index is 12.1. The van der Waals surface area contributed by atoms with Gasteiger partial charge in [-0.2, -0.15) is 0 Å². The lowest BCUT2D eigenvalue weighted by Gasteiger charge is -2.18. The van der Waals surface area contributed by atoms with E-state index in [0.717, 1.165) is 42.8 Å². The highest BCUT2D eigenvalue weighted by atomic mass is 16.1. The van der Waals surface area contributed by atoms with E-state index in [0.29, 0.717) is 18.7 Å². The van der Waals surface area contributed by atoms with Gasteiger partial charge in [-0.15, -0.1) is 0 Å². The number of nitrogens with two attached hydrogens (primary N) is 1. The van der Waals surface area contributed by atoms with Gasteiger partial charge in [0.05, 0.1) is 12.3 Å². The molecule has 0 atom stereocenters. The first-order valence-corrected chi connectivity index (χ1v) is 9.80. The van der Waals surface area contributed by atoms with E-state index in [1.165, 1.54) is 5.69 Å². The van der Waals surface area contributed by atoms with Crippen molar-refractivity contribution >= 4 is 23.4 Å². The number of unbranched alkanes of at least 4 members (excludes halogenated alkanes) is 1. The van der Waals surface area contributed by atoms with E-state index >= 15 is 0 Å². The van der Waals surface area contributed by atoms with Crippen LogP contribution in [0.4, 0.5) is 5.69 Å². The van der Waals surface area contributed by atoms with Crippen LogP contribution in [0.2, 0.25) is 0 Å². The summed E-state index contributed by atoms with van der Waals surface area (Å²) >= 11 is 0. The highest BCUT2D eigenvalue weighted by molar-refractivity contribution is 6.14. The molecule has 0 saturated heterocycles. The van der Waals surface area contributed by atoms with Crippen LogP contribution in [-0.4, -0.2) is 44.8 Å². The number of benzene rings is 2. The first kappa shape index (κ1) is 19.8. The van der Waals surface area contributed by atoms with E-state index in [-0.39, 0.29) is 5.91 Å². The van der Waals surface area contributed by atoms with Crippen molar-refractivity contribution in [3.05, 3.63) is 71.3 Å². The maximum Gasteiger partial charge on any atom is 0.251 e. The number of likely N-dealkylation sites (N-methyl/N-ethyl adjacent to an activating group) is 1. The predicted molar refractivity (Wildman–Crippen MR) is 117 cm³/mol. The summed E-state index contributed by atoms with van der Waals surface area (Å²) in [6.07, 6.45) is 5.93. The average Bonchev–Trinajstić information content (AvgIpc) is 2.89. The number of nitrogens with zero attached hydrogens (tertiary/aromatic N) is 2. The summed E-state index contributed by atoms with van der Waals surface area (Å²) in [6, 6.07) is 16.0. The van der Waals surface area contributed by atoms with Crippen molar-refractivity contribution < 1.29 is 4.79 Å². The minimum Gasteiger partial charge on any atom is -0.372 e. The number of nitrogens with one attached hydrogen (secondary N) is 1. The highest BCUT2D eigenvalue weighted by Gasteiger charge is 2.13. The van der Waals surface area contributed by atoms with Crippen molar-refractivity contribution in [2.45, 2.75) is 12.8 Å². The SMILES string of the molecule is CN1CCN=C(C=Cc2ccc(C(=O)NCCCCN)cc2)c2ccccc21. The molecule has 5 nitrogen and oxygen atoms in total. The smallest absolute Gasteiger partial charge is 0.251 e. The Morgan fingerprint density at radius 1 is 1.14 bits per heavy atom. The number of benzodiazepines with no additional fused rings is 1. The van der Waals surface area contributed by atoms with Crippen molar-refractivity contribution in [2.75, 3.05) is 38.1 Å². The van der Waals surface area contributed by atoms with Crippen LogP contribution < -0.4 is 16.0 Å². The summed E-state index contributed by atoms with van der Waals surface area (Å²) in [7, 11) is 2.10. The Labute approximate surface area is 167 Å². The molecule has 0 fully saturated rings. The standard InChI is InChI=1S/C23H28N4O/c1-27-17-16-25-21(20-6-2-3-7-22(20)27)13-10-18-8-11-19(12-9-18)23(28)26-15-5-4-14-24/h2-3,6-13H,4-5,14-17,24H2,1H3,(H,26,28). The Morgan fingerprint density at radius 2 is 1.93 bits per heavy atom. The molecule has 0 radical (unpaired) electrons. The zero-order chi connectivity index (χ0) is 19.8. The molecule has 0 bridgehead atoms. The van der Waals surface area contributed by atoms with E-state index in [2.05, 4.69) is 41.5 Å². The average molecular weight is 377 g/mol. The van der Waals surface area contributed by atoms with Gasteiger partial charge < -0.3 is 16.0 Å². The topological polar surface area (TPSA) is 70.7 Å². The van der Waals surface area contributed by atoms with Crippen LogP contribution in [0.5, 0.6) is 0 Å². The Bertz CT molecular complexity index is 855. The van der Waals surface area contributed by atoms with Crippen LogP contribution in [0.1, 0.15) is 34.3 Å². The molecule has 5 heteroatoms. The summed E-state index contributed by atoms with van der Waals surface area (Å²) in [4.78, 5) is 19.1. The summed E-state index contributed by atoms with van der Waals surface area (Å²) in [6.45, 7) is 2.99. The molecular formula is C23H28N4O. The quantitative estimate of drug-likeness (QED) is 0.730. The Kier molecular flexibility index (Phi) is 6.98. The zero-order valence-corrected chi connectivity index (χ0v) is 16.4. The van der Waals surface area contributed by atoms with Gasteiger partial charge in [-0.05, 0) is 49.2 Å². The van der Waals surface area contributed by atoms with E-state index in [1.54, 1.807) is 0 Å². The number of hydrogen-bond donors (Lipinski definition) is 2. The molecule has 0 spiro atoms. The monoisotopic (exact) mass is 376 g/mol. The Balaban J connectivity index is 1.67. The molecule has 1 aliphatic heterocycles. The first-order valence-electron chi connectivity index (χ1n) is 9.80. The van der Waals surface area contributed by atoms with Crippen molar-refractivity contribution in [1.29, 1.82) is 0 Å². The second kappa shape index (κ2) is 9.85. The Morgan fingerprint density at radius 3 is 2.71 bits per heavy atom. The van der Waals surface area contributed by atoms with Gasteiger partial charge in [0.2, 0.25) is 0 Å². The number of allylic oxidation sites excluding steroid dienone is 1. The third-order valence-electron chi connectivity index (χ3n) is 4.83. The predicted octanol–water partition coefficient (Wildman–Crippen LogP) is 3.11. The number of aliphatic imine (C=N–C) groups is 1. The van der Waals surface area contributed by atoms with Crippen molar-refractivity contribution in [1.82, 2.24) is 5.32 Å². The number of amides is 1. The van der Waals surface area contributed by atoms with Gasteiger partial charge in [-0.1, -0.05) is 36.4 Å². The zero-order valence-electron chi connectivity index (χ0n) is 16.4. The van der Waals surface area contributed by atoms with Crippen LogP contribution in [0, 0.1) is 0 Å². The van der Waals surface area contributed by atoms with Gasteiger partial charge in [0.25, 0.3) is 5.91 Å². The van der Waals surface area contributed by atoms with Gasteiger partial charge in [0, 0.05) is 37.0 Å². The van der Waals surface area contributed by atoms with Crippen molar-refractivity contribution in [3.63, 3.8) is 0 Å². The molecule has 3 N–H and O–H groups in total. The fourth-order valence-electron chi connectivity index (χ4n) is 3.19. The van der Waals surface area contributed by atoms with E-state index in [1.807, 2.05) is 36.4 Å². The normalized spacial score (nSPS) is 13.8. The third kappa shape index (κ3) is 5.08. The first-order chi connectivity index (χ1) is 13.7. The van der Waals surface area contributed by atoms with Gasteiger partial charge in [0.1, 0.15) is 0 Å². The maximum atomic E-state index is 12.1. The number of anilines is 1. The largest absolute Gasteiger partial charge is 0.372 e. The summed E-state index contributed by atoms with van der Waals surface area (Å²) in [5.74, 6) is -0.0438. The molecule has 2 aromatic carbocycles. The molecule has 0 aromatic heterocycles. The van der Waals surface area contributed by atoms with Crippen LogP contribution in [-0.2, 0) is 0 Å². The molecule has 3 rings (SSSR count). The molecule has 1 amide bonds. The summed E-state index contributed by atoms with van der Waals surface area (Å²) < 4.78 is 0. The van der Waals surface area contributed by atoms with Gasteiger partial charge in [-0.3, -0.25) is 9.79 Å². The number of para-hydroxylation sites is 1. The fraction of sp³-hybridized carbons (Fsp3) is 0.304. The summed E-state index contributed by atoms with van der Waals surface area (Å²) in [5.41, 5.74) is 10.5. The second-order valence-electron chi connectivity index (χ2n) is 6.91. The molecule has 1 heterocycles. The van der Waals surface area contributed by atoms with E-state index < -0.39 is 0 Å². The third-order valence-corrected chi connectivity index (χ3v) is 4.83. The lowest BCUT2D eigenvalue weighted by Crippen LogP contribution is -2.24. The molecule has 28 heavy (non-hydrogen) atoms. The number of hydrogen-bond acceptors (Lipinski definition) is 4. The van der Waals surface area contributed by atoms with Gasteiger partial charge >= 0.3 is 0 Å². The highest BCUT2D eigenvalue weighted by Crippen LogP contribution is 2.23. The molecule has 1 aliphatic rings. The van der Waals surface area contributed by atoms with Crippen LogP contribution in [0.15, 0.2) is 59.6 Å².